The number of nitrogens with two attached hydrogens (primary N) is 1. The van der Waals surface area contributed by atoms with Crippen LogP contribution in [0.5, 0.6) is 0 Å². The molecule has 0 spiro atoms. The summed E-state index contributed by atoms with van der Waals surface area (Å²) in [6.45, 7) is -0.763. The van der Waals surface area contributed by atoms with Crippen molar-refractivity contribution < 1.29 is 25.6 Å². The normalized spacial score (nSPS) is 24.8. The van der Waals surface area contributed by atoms with Gasteiger partial charge in [0, 0.05) is 0 Å². The maximum absolute atomic E-state index is 11.7. The number of nitrogens with zero attached hydrogens (tertiary/aromatic N) is 2. The molecule has 20 heavy (non-hydrogen) atoms. The molecule has 0 saturated carbocycles. The van der Waals surface area contributed by atoms with Gasteiger partial charge in [0.05, 0.1) is 6.61 Å². The summed E-state index contributed by atoms with van der Waals surface area (Å²) < 4.78 is 0. The monoisotopic (exact) mass is 289 g/mol. The molecule has 0 aromatic carbocycles. The summed E-state index contributed by atoms with van der Waals surface area (Å²) in [7, 11) is 0. The average Bonchev–Trinajstić information content (AvgIpc) is 2.41. The van der Waals surface area contributed by atoms with Crippen molar-refractivity contribution >= 4 is 17.5 Å². The van der Waals surface area contributed by atoms with Crippen LogP contribution in [0.25, 0.3) is 0 Å². The smallest absolute Gasteiger partial charge is 0.277 e. The first-order chi connectivity index (χ1) is 9.36. The second kappa shape index (κ2) is 5.22. The van der Waals surface area contributed by atoms with Crippen molar-refractivity contribution in [1.29, 1.82) is 0 Å². The summed E-state index contributed by atoms with van der Waals surface area (Å²) in [6.07, 6.45) is -4.93. The van der Waals surface area contributed by atoms with Crippen molar-refractivity contribution in [3.05, 3.63) is 10.4 Å². The number of H-pyrrole nitrogens is 1. The largest absolute Gasteiger partial charge is 0.394 e. The topological polar surface area (TPSA) is 188 Å². The van der Waals surface area contributed by atoms with Gasteiger partial charge in [-0.3, -0.25) is 15.0 Å². The maximum Gasteiger partial charge on any atom is 0.277 e. The highest BCUT2D eigenvalue weighted by Gasteiger charge is 2.41. The first-order valence-corrected chi connectivity index (χ1v) is 5.66. The van der Waals surface area contributed by atoms with E-state index in [0.717, 1.165) is 0 Å². The Bertz CT molecular complexity index is 550. The highest BCUT2D eigenvalue weighted by Crippen LogP contribution is 2.28. The number of hydrogen-bond donors (Lipinski definition) is 8. The van der Waals surface area contributed by atoms with Crippen LogP contribution in [0.2, 0.25) is 0 Å². The van der Waals surface area contributed by atoms with Crippen molar-refractivity contribution in [2.45, 2.75) is 24.5 Å². The number of hydrogen-bond acceptors (Lipinski definition) is 10. The maximum atomic E-state index is 11.7. The van der Waals surface area contributed by atoms with Crippen LogP contribution in [0.1, 0.15) is 0 Å². The summed E-state index contributed by atoms with van der Waals surface area (Å²) in [5.74, 6) is -0.586. The molecule has 1 aromatic heterocycles. The molecule has 0 aliphatic carbocycles. The molecule has 0 bridgehead atoms. The van der Waals surface area contributed by atoms with Crippen LogP contribution in [-0.2, 0) is 0 Å². The molecule has 0 amide bonds. The molecule has 0 radical (unpaired) electrons. The van der Waals surface area contributed by atoms with Crippen molar-refractivity contribution in [2.24, 2.45) is 0 Å². The van der Waals surface area contributed by atoms with E-state index >= 15 is 0 Å². The molecule has 112 valence electrons. The lowest BCUT2D eigenvalue weighted by Gasteiger charge is -2.39. The predicted molar refractivity (Wildman–Crippen MR) is 66.1 cm³/mol. The third-order valence-corrected chi connectivity index (χ3v) is 2.97. The van der Waals surface area contributed by atoms with E-state index in [4.69, 9.17) is 10.8 Å². The number of nitrogens with one attached hydrogen (secondary N) is 2. The summed E-state index contributed by atoms with van der Waals surface area (Å²) in [6, 6.07) is -1.33. The van der Waals surface area contributed by atoms with Crippen molar-refractivity contribution in [2.75, 3.05) is 22.7 Å². The summed E-state index contributed by atoms with van der Waals surface area (Å²) in [4.78, 5) is 17.5. The van der Waals surface area contributed by atoms with E-state index in [1.54, 1.807) is 0 Å². The fourth-order valence-corrected chi connectivity index (χ4v) is 1.90. The molecule has 9 N–H and O–H groups in total. The summed E-state index contributed by atoms with van der Waals surface area (Å²) in [5.41, 5.74) is 4.36. The van der Waals surface area contributed by atoms with Gasteiger partial charge in [-0.2, -0.15) is 4.98 Å². The van der Waals surface area contributed by atoms with E-state index in [-0.39, 0.29) is 22.5 Å². The van der Waals surface area contributed by atoms with Gasteiger partial charge in [0.15, 0.2) is 12.0 Å². The molecule has 1 aromatic rings. The molecular formula is C9H15N5O6. The number of fused-ring (bicyclic) bond motifs is 1. The first-order valence-electron chi connectivity index (χ1n) is 5.66. The molecule has 0 saturated heterocycles. The lowest BCUT2D eigenvalue weighted by atomic mass is 10.0. The minimum atomic E-state index is -1.72. The Morgan fingerprint density at radius 2 is 2.10 bits per heavy atom. The number of aromatic amines is 1. The molecule has 11 nitrogen and oxygen atoms in total. The third-order valence-electron chi connectivity index (χ3n) is 2.97. The average molecular weight is 289 g/mol. The van der Waals surface area contributed by atoms with Crippen LogP contribution in [0.3, 0.4) is 0 Å². The molecule has 4 atom stereocenters. The molecule has 11 heteroatoms. The summed E-state index contributed by atoms with van der Waals surface area (Å²) >= 11 is 0. The van der Waals surface area contributed by atoms with Gasteiger partial charge in [0.2, 0.25) is 5.95 Å². The number of rotatable bonds is 3. The number of aliphatic hydroxyl groups excluding tert-OH is 4. The minimum Gasteiger partial charge on any atom is -0.394 e. The van der Waals surface area contributed by atoms with Crippen LogP contribution in [0.15, 0.2) is 4.79 Å². The van der Waals surface area contributed by atoms with Gasteiger partial charge in [0.25, 0.3) is 5.56 Å². The van der Waals surface area contributed by atoms with Gasteiger partial charge in [-0.25, -0.2) is 5.06 Å². The lowest BCUT2D eigenvalue weighted by molar-refractivity contribution is -0.0595. The molecule has 1 aliphatic rings. The molecule has 2 heterocycles. The Labute approximate surface area is 111 Å². The predicted octanol–water partition coefficient (Wildman–Crippen LogP) is -3.63. The Morgan fingerprint density at radius 1 is 1.45 bits per heavy atom. The second-order valence-corrected chi connectivity index (χ2v) is 4.32. The van der Waals surface area contributed by atoms with E-state index in [9.17, 15) is 25.3 Å². The van der Waals surface area contributed by atoms with Crippen molar-refractivity contribution in [3.63, 3.8) is 0 Å². The number of hydroxylamine groups is 1. The zero-order valence-electron chi connectivity index (χ0n) is 10.1. The quantitative estimate of drug-likeness (QED) is 0.276. The van der Waals surface area contributed by atoms with Crippen LogP contribution in [0, 0.1) is 0 Å². The van der Waals surface area contributed by atoms with Crippen LogP contribution < -0.4 is 21.7 Å². The van der Waals surface area contributed by atoms with Crippen LogP contribution in [-0.4, -0.2) is 66.7 Å². The zero-order chi connectivity index (χ0) is 15.0. The summed E-state index contributed by atoms with van der Waals surface area (Å²) in [5, 5.41) is 50.2. The fourth-order valence-electron chi connectivity index (χ4n) is 1.90. The number of aliphatic hydroxyl groups is 4. The van der Waals surface area contributed by atoms with E-state index in [1.807, 2.05) is 0 Å². The van der Waals surface area contributed by atoms with Gasteiger partial charge in [-0.15, -0.1) is 0 Å². The molecule has 0 fully saturated rings. The first kappa shape index (κ1) is 14.5. The molecule has 2 rings (SSSR count). The lowest BCUT2D eigenvalue weighted by Crippen LogP contribution is -2.59. The van der Waals surface area contributed by atoms with Crippen LogP contribution in [0.4, 0.5) is 17.5 Å². The molecule has 1 aliphatic heterocycles. The highest BCUT2D eigenvalue weighted by molar-refractivity contribution is 5.68. The van der Waals surface area contributed by atoms with Gasteiger partial charge in [-0.05, 0) is 0 Å². The Kier molecular flexibility index (Phi) is 3.78. The Morgan fingerprint density at radius 3 is 2.70 bits per heavy atom. The molecular weight excluding hydrogens is 274 g/mol. The Hall–Kier alpha value is -1.92. The van der Waals surface area contributed by atoms with Gasteiger partial charge < -0.3 is 31.5 Å². The standard InChI is InChI=1S/C9H15N5O6/c10-9-12-6-4(7(18)13-9)11-3(8(19)14(6)20)5(17)2(16)1-15/h2-3,5,8,11,15-17,19-20H,1H2,(H3,10,12,13,18). The van der Waals surface area contributed by atoms with Gasteiger partial charge in [0.1, 0.15) is 23.9 Å². The number of aromatic nitrogens is 2. The third kappa shape index (κ3) is 2.28. The van der Waals surface area contributed by atoms with Crippen molar-refractivity contribution in [1.82, 2.24) is 9.97 Å². The fraction of sp³-hybridized carbons (Fsp3) is 0.556. The van der Waals surface area contributed by atoms with E-state index < -0.39 is 36.6 Å². The van der Waals surface area contributed by atoms with Crippen LogP contribution >= 0.6 is 0 Å². The minimum absolute atomic E-state index is 0.235. The Balaban J connectivity index is 2.41. The molecule has 4 unspecified atom stereocenters. The number of anilines is 3. The van der Waals surface area contributed by atoms with Gasteiger partial charge >= 0.3 is 0 Å². The highest BCUT2D eigenvalue weighted by atomic mass is 16.5. The second-order valence-electron chi connectivity index (χ2n) is 4.32. The SMILES string of the molecule is Nc1nc2c(c(=O)[nH]1)NC(C(O)C(O)CO)C(O)N2O. The van der Waals surface area contributed by atoms with E-state index in [2.05, 4.69) is 15.3 Å². The number of nitrogen functional groups attached to an aromatic ring is 1. The van der Waals surface area contributed by atoms with E-state index in [1.165, 1.54) is 0 Å². The zero-order valence-corrected chi connectivity index (χ0v) is 10.1. The van der Waals surface area contributed by atoms with Gasteiger partial charge in [-0.1, -0.05) is 0 Å². The van der Waals surface area contributed by atoms with Crippen molar-refractivity contribution in [3.8, 4) is 0 Å². The van der Waals surface area contributed by atoms with E-state index in [0.29, 0.717) is 0 Å².